The number of amides is 6. The molecule has 4 aliphatic rings. The molecule has 24 heteroatoms. The summed E-state index contributed by atoms with van der Waals surface area (Å²) >= 11 is 3.67. The standard InChI is InChI=1S/C28H25N5O4S.C21H17BrN4O2.C7H10BNO4S/c1-38(36,37)31-20-12-10-18(11-13-20)25-21-7-3-2-6-19(21)14-30-23(25)15-33-24-9-5-4-8-22(24)28(26(33)34)16-32(17-28)27(29)35;22-18-14-6-2-1-5-13(14)9-24-16(18)10-26-17-8-4-3-7-15(17)21(19(26)27)11-25(12-21)20(23)28;1-14(12,13)9-7-4-2-6(3-5-7)8(10)11/h2-14,31H,15-17H2,1H3,(H2,29,35);1-9H,10-12H2,(H2,23,28);2-5,9-11H,1H3. The molecule has 20 nitrogen and oxygen atoms in total. The van der Waals surface area contributed by atoms with Gasteiger partial charge in [-0.25, -0.2) is 26.4 Å². The van der Waals surface area contributed by atoms with Crippen LogP contribution in [0.15, 0.2) is 162 Å². The predicted octanol–water partition coefficient (Wildman–Crippen LogP) is 5.37. The molecule has 0 aliphatic carbocycles. The number of primary amides is 2. The molecule has 4 aliphatic heterocycles. The molecule has 0 unspecified atom stereocenters. The summed E-state index contributed by atoms with van der Waals surface area (Å²) in [6.45, 7) is 1.74. The van der Waals surface area contributed by atoms with Gasteiger partial charge in [0.2, 0.25) is 31.9 Å². The van der Waals surface area contributed by atoms with E-state index in [2.05, 4.69) is 30.4 Å². The summed E-state index contributed by atoms with van der Waals surface area (Å²) < 4.78 is 50.6. The Morgan fingerprint density at radius 3 is 1.45 bits per heavy atom. The molecule has 12 rings (SSSR count). The van der Waals surface area contributed by atoms with Crippen molar-refractivity contribution in [2.24, 2.45) is 11.5 Å². The second-order valence-corrected chi connectivity index (χ2v) is 24.3. The third-order valence-corrected chi connectivity index (χ3v) is 16.6. The van der Waals surface area contributed by atoms with E-state index < -0.39 is 50.1 Å². The number of carbonyl (C=O) groups excluding carboxylic acids is 4. The molecule has 0 radical (unpaired) electrons. The molecule has 6 heterocycles. The Bertz CT molecular complexity index is 4020. The fourth-order valence-corrected chi connectivity index (χ4v) is 12.4. The fourth-order valence-electron chi connectivity index (χ4n) is 10.7. The molecule has 8 N–H and O–H groups in total. The van der Waals surface area contributed by atoms with Gasteiger partial charge in [0.1, 0.15) is 10.8 Å². The Labute approximate surface area is 469 Å². The average Bonchev–Trinajstić information content (AvgIpc) is 3.89. The van der Waals surface area contributed by atoms with Crippen LogP contribution in [0.3, 0.4) is 0 Å². The maximum absolute atomic E-state index is 13.9. The lowest BCUT2D eigenvalue weighted by Gasteiger charge is -2.45. The summed E-state index contributed by atoms with van der Waals surface area (Å²) in [7, 11) is -8.23. The molecule has 80 heavy (non-hydrogen) atoms. The third kappa shape index (κ3) is 10.6. The van der Waals surface area contributed by atoms with Crippen molar-refractivity contribution in [3.8, 4) is 11.1 Å². The number of aromatic nitrogens is 2. The van der Waals surface area contributed by atoms with Crippen LogP contribution < -0.4 is 36.2 Å². The Balaban J connectivity index is 0.000000150. The topological polar surface area (TPSA) is 292 Å². The SMILES string of the molecule is CS(=O)(=O)Nc1ccc(-c2c(CN3C(=O)C4(CN(C(N)=O)C4)c4ccccc43)ncc3ccccc23)cc1.CS(=O)(=O)Nc1ccc(B(O)O)cc1.NC(=O)N1CC2(C1)C(=O)N(Cc1ncc3ccccc3c1Br)c1ccccc12. The maximum Gasteiger partial charge on any atom is 0.488 e. The van der Waals surface area contributed by atoms with Crippen molar-refractivity contribution in [2.45, 2.75) is 23.9 Å². The number of pyridine rings is 2. The van der Waals surface area contributed by atoms with E-state index >= 15 is 0 Å². The lowest BCUT2D eigenvalue weighted by Crippen LogP contribution is -2.66. The smallest absolute Gasteiger partial charge is 0.423 e. The van der Waals surface area contributed by atoms with Crippen LogP contribution in [0.5, 0.6) is 0 Å². The van der Waals surface area contributed by atoms with Crippen LogP contribution >= 0.6 is 15.9 Å². The Morgan fingerprint density at radius 1 is 0.588 bits per heavy atom. The number of rotatable bonds is 10. The summed E-state index contributed by atoms with van der Waals surface area (Å²) in [4.78, 5) is 66.4. The van der Waals surface area contributed by atoms with Crippen molar-refractivity contribution in [3.05, 3.63) is 185 Å². The highest BCUT2D eigenvalue weighted by Crippen LogP contribution is 2.50. The van der Waals surface area contributed by atoms with Crippen molar-refractivity contribution in [1.29, 1.82) is 0 Å². The van der Waals surface area contributed by atoms with Gasteiger partial charge in [-0.15, -0.1) is 0 Å². The Hall–Kier alpha value is -8.42. The van der Waals surface area contributed by atoms with Crippen LogP contribution in [-0.4, -0.2) is 116 Å². The molecule has 2 saturated heterocycles. The molecule has 0 saturated carbocycles. The van der Waals surface area contributed by atoms with Gasteiger partial charge >= 0.3 is 19.2 Å². The number of nitrogens with two attached hydrogens (primary N) is 2. The van der Waals surface area contributed by atoms with Gasteiger partial charge in [-0.1, -0.05) is 109 Å². The summed E-state index contributed by atoms with van der Waals surface area (Å²) in [5.74, 6) is -0.0853. The number of sulfonamides is 2. The number of halogens is 1. The molecule has 2 fully saturated rings. The van der Waals surface area contributed by atoms with Crippen molar-refractivity contribution in [2.75, 3.05) is 57.9 Å². The Kier molecular flexibility index (Phi) is 14.6. The van der Waals surface area contributed by atoms with Gasteiger partial charge < -0.3 is 41.1 Å². The minimum atomic E-state index is -3.40. The lowest BCUT2D eigenvalue weighted by molar-refractivity contribution is -0.128. The van der Waals surface area contributed by atoms with Gasteiger partial charge in [0.25, 0.3) is 0 Å². The zero-order valence-electron chi connectivity index (χ0n) is 43.0. The van der Waals surface area contributed by atoms with Crippen LogP contribution in [0.25, 0.3) is 32.7 Å². The van der Waals surface area contributed by atoms with Crippen LogP contribution in [-0.2, 0) is 53.6 Å². The van der Waals surface area contributed by atoms with Crippen molar-refractivity contribution in [1.82, 2.24) is 19.8 Å². The van der Waals surface area contributed by atoms with E-state index in [-0.39, 0.29) is 31.4 Å². The van der Waals surface area contributed by atoms with E-state index in [9.17, 15) is 36.0 Å². The van der Waals surface area contributed by atoms with E-state index in [0.29, 0.717) is 42.2 Å². The number of benzene rings is 6. The Morgan fingerprint density at radius 2 is 0.988 bits per heavy atom. The molecular formula is C56H52BBrN10O10S2. The molecule has 8 aromatic rings. The maximum atomic E-state index is 13.9. The van der Waals surface area contributed by atoms with E-state index in [1.54, 1.807) is 28.1 Å². The van der Waals surface area contributed by atoms with E-state index in [1.807, 2.05) is 115 Å². The van der Waals surface area contributed by atoms with Gasteiger partial charge in [-0.05, 0) is 85.3 Å². The number of hydrogen-bond acceptors (Lipinski definition) is 12. The highest BCUT2D eigenvalue weighted by Gasteiger charge is 2.60. The molecule has 6 amide bonds. The van der Waals surface area contributed by atoms with Crippen LogP contribution in [0.4, 0.5) is 32.3 Å². The molecule has 0 atom stereocenters. The van der Waals surface area contributed by atoms with Gasteiger partial charge in [0, 0.05) is 82.1 Å². The van der Waals surface area contributed by atoms with Gasteiger partial charge in [-0.2, -0.15) is 0 Å². The highest BCUT2D eigenvalue weighted by atomic mass is 79.9. The van der Waals surface area contributed by atoms with Crippen molar-refractivity contribution < 1.29 is 46.1 Å². The van der Waals surface area contributed by atoms with E-state index in [0.717, 1.165) is 77.9 Å². The molecule has 0 bridgehead atoms. The van der Waals surface area contributed by atoms with Crippen molar-refractivity contribution >= 4 is 117 Å². The lowest BCUT2D eigenvalue weighted by atomic mass is 9.75. The van der Waals surface area contributed by atoms with Gasteiger partial charge in [-0.3, -0.25) is 29.0 Å². The predicted molar refractivity (Wildman–Crippen MR) is 311 cm³/mol. The van der Waals surface area contributed by atoms with E-state index in [1.165, 1.54) is 34.1 Å². The number of nitrogens with zero attached hydrogens (tertiary/aromatic N) is 6. The van der Waals surface area contributed by atoms with Crippen LogP contribution in [0, 0.1) is 0 Å². The zero-order valence-corrected chi connectivity index (χ0v) is 46.2. The summed E-state index contributed by atoms with van der Waals surface area (Å²) in [6.07, 6.45) is 5.78. The summed E-state index contributed by atoms with van der Waals surface area (Å²) in [5.41, 5.74) is 17.2. The molecule has 2 spiro atoms. The molecule has 408 valence electrons. The monoisotopic (exact) mass is 1180 g/mol. The number of nitrogens with one attached hydrogen (secondary N) is 2. The largest absolute Gasteiger partial charge is 0.488 e. The fraction of sp³-hybridized carbons (Fsp3) is 0.179. The summed E-state index contributed by atoms with van der Waals surface area (Å²) in [5, 5.41) is 21.6. The first-order valence-corrected chi connectivity index (χ1v) is 29.5. The number of anilines is 4. The van der Waals surface area contributed by atoms with Crippen LogP contribution in [0.2, 0.25) is 0 Å². The highest BCUT2D eigenvalue weighted by molar-refractivity contribution is 9.10. The van der Waals surface area contributed by atoms with Gasteiger partial charge in [0.15, 0.2) is 0 Å². The second kappa shape index (κ2) is 21.3. The first-order valence-electron chi connectivity index (χ1n) is 24.9. The number of carbonyl (C=O) groups is 4. The zero-order chi connectivity index (χ0) is 56.9. The second-order valence-electron chi connectivity index (χ2n) is 20.0. The number of urea groups is 2. The molecular weight excluding hydrogens is 1130 g/mol. The normalized spacial score (nSPS) is 15.5. The first-order chi connectivity index (χ1) is 38.1. The number of para-hydroxylation sites is 2. The minimum absolute atomic E-state index is 0.00643. The summed E-state index contributed by atoms with van der Waals surface area (Å²) in [6, 6.07) is 43.1. The number of hydrogen-bond donors (Lipinski definition) is 6. The number of fused-ring (bicyclic) bond motifs is 6. The van der Waals surface area contributed by atoms with Crippen molar-refractivity contribution in [3.63, 3.8) is 0 Å². The first kappa shape index (κ1) is 54.9. The molecule has 6 aromatic carbocycles. The quantitative estimate of drug-likeness (QED) is 0.0943. The van der Waals surface area contributed by atoms with Gasteiger partial charge in [0.05, 0.1) is 37.0 Å². The average molecular weight is 1180 g/mol. The molecule has 2 aromatic heterocycles. The third-order valence-electron chi connectivity index (χ3n) is 14.5. The minimum Gasteiger partial charge on any atom is -0.423 e. The van der Waals surface area contributed by atoms with E-state index in [4.69, 9.17) is 26.5 Å². The van der Waals surface area contributed by atoms with Crippen LogP contribution in [0.1, 0.15) is 22.5 Å². The number of likely N-dealkylation sites (tertiary alicyclic amines) is 2.